The monoisotopic (exact) mass is 508 g/mol. The lowest BCUT2D eigenvalue weighted by atomic mass is 9.92. The number of hydrogen-bond acceptors (Lipinski definition) is 9. The van der Waals surface area contributed by atoms with Gasteiger partial charge in [-0.3, -0.25) is 9.78 Å². The second-order valence-electron chi connectivity index (χ2n) is 8.02. The fraction of sp³-hybridized carbons (Fsp3) is 0.308. The van der Waals surface area contributed by atoms with Crippen molar-refractivity contribution in [1.82, 2.24) is 15.2 Å². The number of nitrogens with zero attached hydrogens (tertiary/aromatic N) is 3. The zero-order valence-corrected chi connectivity index (χ0v) is 21.4. The van der Waals surface area contributed by atoms with Gasteiger partial charge in [-0.1, -0.05) is 24.8 Å². The highest BCUT2D eigenvalue weighted by atomic mass is 32.2. The van der Waals surface area contributed by atoms with Crippen molar-refractivity contribution < 1.29 is 23.8 Å². The summed E-state index contributed by atoms with van der Waals surface area (Å²) in [4.78, 5) is 36.7. The molecule has 1 aromatic heterocycles. The van der Waals surface area contributed by atoms with E-state index in [4.69, 9.17) is 19.2 Å². The Morgan fingerprint density at radius 3 is 2.67 bits per heavy atom. The van der Waals surface area contributed by atoms with Crippen molar-refractivity contribution in [2.45, 2.75) is 32.4 Å². The van der Waals surface area contributed by atoms with Gasteiger partial charge in [0, 0.05) is 36.3 Å². The maximum absolute atomic E-state index is 13.1. The topological polar surface area (TPSA) is 102 Å². The summed E-state index contributed by atoms with van der Waals surface area (Å²) in [6, 6.07) is 8.59. The van der Waals surface area contributed by atoms with Crippen LogP contribution in [0.5, 0.6) is 11.5 Å². The Bertz CT molecular complexity index is 1240. The van der Waals surface area contributed by atoms with Crippen molar-refractivity contribution in [3.63, 3.8) is 0 Å². The Balaban J connectivity index is 1.70. The molecule has 10 heteroatoms. The first-order valence-electron chi connectivity index (χ1n) is 11.4. The van der Waals surface area contributed by atoms with Crippen LogP contribution in [0.1, 0.15) is 36.9 Å². The number of amidine groups is 1. The molecule has 4 rings (SSSR count). The van der Waals surface area contributed by atoms with Crippen molar-refractivity contribution in [2.24, 2.45) is 4.99 Å². The van der Waals surface area contributed by atoms with E-state index < -0.39 is 12.0 Å². The second kappa shape index (κ2) is 11.3. The Hall–Kier alpha value is -3.79. The molecule has 0 unspecified atom stereocenters. The fourth-order valence-corrected chi connectivity index (χ4v) is 5.12. The molecular weight excluding hydrogens is 480 g/mol. The van der Waals surface area contributed by atoms with Crippen LogP contribution in [0.3, 0.4) is 0 Å². The van der Waals surface area contributed by atoms with Crippen molar-refractivity contribution in [3.05, 3.63) is 76.2 Å². The quantitative estimate of drug-likeness (QED) is 0.508. The molecule has 2 aliphatic rings. The fourth-order valence-electron chi connectivity index (χ4n) is 4.18. The minimum absolute atomic E-state index is 0.108. The van der Waals surface area contributed by atoms with Crippen LogP contribution in [0.25, 0.3) is 0 Å². The van der Waals surface area contributed by atoms with Gasteiger partial charge in [0.25, 0.3) is 0 Å². The summed E-state index contributed by atoms with van der Waals surface area (Å²) in [5.74, 6) is 0.544. The lowest BCUT2D eigenvalue weighted by Crippen LogP contribution is -2.38. The molecule has 0 fully saturated rings. The number of carbonyl (C=O) groups is 2. The molecule has 2 aliphatic heterocycles. The van der Waals surface area contributed by atoms with E-state index in [0.717, 1.165) is 16.8 Å². The van der Waals surface area contributed by atoms with Crippen molar-refractivity contribution in [3.8, 4) is 11.5 Å². The summed E-state index contributed by atoms with van der Waals surface area (Å²) in [5, 5.41) is 5.53. The molecule has 0 bridgehead atoms. The van der Waals surface area contributed by atoms with Crippen molar-refractivity contribution in [2.75, 3.05) is 21.3 Å². The number of fused-ring (bicyclic) bond motifs is 1. The van der Waals surface area contributed by atoms with Gasteiger partial charge in [0.15, 0.2) is 5.17 Å². The number of esters is 1. The molecule has 0 radical (unpaired) electrons. The second-order valence-corrected chi connectivity index (χ2v) is 8.86. The molecule has 0 saturated carbocycles. The number of ether oxygens (including phenoxy) is 3. The van der Waals surface area contributed by atoms with Gasteiger partial charge >= 0.3 is 5.97 Å². The number of pyridine rings is 1. The molecular formula is C26H28N4O5S. The molecule has 2 aromatic rings. The third kappa shape index (κ3) is 5.08. The summed E-state index contributed by atoms with van der Waals surface area (Å²) in [6.45, 7) is 2.32. The molecule has 36 heavy (non-hydrogen) atoms. The number of benzene rings is 1. The summed E-state index contributed by atoms with van der Waals surface area (Å²) >= 11 is 1.42. The van der Waals surface area contributed by atoms with E-state index in [-0.39, 0.29) is 12.3 Å². The summed E-state index contributed by atoms with van der Waals surface area (Å²) in [7, 11) is 4.50. The van der Waals surface area contributed by atoms with Gasteiger partial charge in [0.05, 0.1) is 45.1 Å². The molecule has 1 N–H and O–H groups in total. The number of hydrogen-bond donors (Lipinski definition) is 1. The highest BCUT2D eigenvalue weighted by Gasteiger charge is 2.42. The summed E-state index contributed by atoms with van der Waals surface area (Å²) in [5.41, 5.74) is 3.42. The van der Waals surface area contributed by atoms with E-state index in [1.54, 1.807) is 32.7 Å². The number of rotatable bonds is 9. The van der Waals surface area contributed by atoms with Crippen LogP contribution < -0.4 is 14.8 Å². The highest BCUT2D eigenvalue weighted by Crippen LogP contribution is 2.48. The molecule has 1 atom stereocenters. The normalized spacial score (nSPS) is 16.7. The molecule has 9 nitrogen and oxygen atoms in total. The third-order valence-electron chi connectivity index (χ3n) is 5.92. The average Bonchev–Trinajstić information content (AvgIpc) is 3.32. The Kier molecular flexibility index (Phi) is 7.94. The Labute approximate surface area is 214 Å². The van der Waals surface area contributed by atoms with Gasteiger partial charge < -0.3 is 24.4 Å². The number of amides is 1. The van der Waals surface area contributed by atoms with Crippen LogP contribution >= 0.6 is 11.8 Å². The van der Waals surface area contributed by atoms with Crippen molar-refractivity contribution >= 4 is 28.8 Å². The van der Waals surface area contributed by atoms with Gasteiger partial charge in [-0.15, -0.1) is 0 Å². The third-order valence-corrected chi connectivity index (χ3v) is 6.81. The maximum Gasteiger partial charge on any atom is 0.338 e. The van der Waals surface area contributed by atoms with Crippen LogP contribution in [0.4, 0.5) is 0 Å². The number of nitrogens with one attached hydrogen (secondary N) is 1. The SMILES string of the molecule is CCC1=C(C(=O)OC)[C@@H](c2ccc(OC)cc2OC)N2C(CC(=O)NCc3cccnc3)=CSC2=N1. The van der Waals surface area contributed by atoms with Crippen LogP contribution in [0, 0.1) is 0 Å². The standard InChI is InChI=1S/C26H28N4O5S/c1-5-20-23(25(32)35-4)24(19-9-8-18(33-2)12-21(19)34-3)30-17(15-36-26(30)29-20)11-22(31)28-14-16-7-6-10-27-13-16/h6-10,12-13,15,24H,5,11,14H2,1-4H3,(H,28,31)/t24-/m1/s1. The predicted octanol–water partition coefficient (Wildman–Crippen LogP) is 3.94. The van der Waals surface area contributed by atoms with Gasteiger partial charge in [-0.05, 0) is 35.6 Å². The molecule has 0 aliphatic carbocycles. The molecule has 3 heterocycles. The first kappa shape index (κ1) is 25.3. The largest absolute Gasteiger partial charge is 0.497 e. The first-order valence-corrected chi connectivity index (χ1v) is 12.3. The maximum atomic E-state index is 13.1. The van der Waals surface area contributed by atoms with E-state index in [1.807, 2.05) is 41.5 Å². The van der Waals surface area contributed by atoms with Gasteiger partial charge in [0.1, 0.15) is 11.5 Å². The zero-order chi connectivity index (χ0) is 25.7. The number of carbonyl (C=O) groups excluding carboxylic acids is 2. The number of allylic oxidation sites excluding steroid dienone is 1. The minimum Gasteiger partial charge on any atom is -0.497 e. The number of aliphatic imine (C=N–C) groups is 1. The van der Waals surface area contributed by atoms with Gasteiger partial charge in [0.2, 0.25) is 5.91 Å². The van der Waals surface area contributed by atoms with E-state index in [0.29, 0.717) is 40.9 Å². The molecule has 0 spiro atoms. The van der Waals surface area contributed by atoms with Crippen LogP contribution in [-0.2, 0) is 20.9 Å². The van der Waals surface area contributed by atoms with Crippen molar-refractivity contribution in [1.29, 1.82) is 0 Å². The summed E-state index contributed by atoms with van der Waals surface area (Å²) in [6.07, 6.45) is 4.05. The van der Waals surface area contributed by atoms with E-state index in [2.05, 4.69) is 10.3 Å². The highest BCUT2D eigenvalue weighted by molar-refractivity contribution is 8.16. The average molecular weight is 509 g/mol. The first-order chi connectivity index (χ1) is 17.5. The smallest absolute Gasteiger partial charge is 0.338 e. The molecule has 1 aromatic carbocycles. The molecule has 1 amide bonds. The van der Waals surface area contributed by atoms with Crippen LogP contribution in [-0.4, -0.2) is 48.3 Å². The van der Waals surface area contributed by atoms with E-state index in [1.165, 1.54) is 18.9 Å². The predicted molar refractivity (Wildman–Crippen MR) is 137 cm³/mol. The lowest BCUT2D eigenvalue weighted by molar-refractivity contribution is -0.136. The number of aromatic nitrogens is 1. The Morgan fingerprint density at radius 2 is 2.00 bits per heavy atom. The number of thioether (sulfide) groups is 1. The summed E-state index contributed by atoms with van der Waals surface area (Å²) < 4.78 is 16.2. The minimum atomic E-state index is -0.590. The van der Waals surface area contributed by atoms with Gasteiger partial charge in [-0.25, -0.2) is 9.79 Å². The van der Waals surface area contributed by atoms with Gasteiger partial charge in [-0.2, -0.15) is 0 Å². The Morgan fingerprint density at radius 1 is 1.17 bits per heavy atom. The molecule has 0 saturated heterocycles. The van der Waals surface area contributed by atoms with E-state index >= 15 is 0 Å². The molecule has 188 valence electrons. The lowest BCUT2D eigenvalue weighted by Gasteiger charge is -2.37. The number of methoxy groups -OCH3 is 3. The van der Waals surface area contributed by atoms with Crippen LogP contribution in [0.2, 0.25) is 0 Å². The van der Waals surface area contributed by atoms with Crippen LogP contribution in [0.15, 0.2) is 70.1 Å². The zero-order valence-electron chi connectivity index (χ0n) is 20.6. The van der Waals surface area contributed by atoms with E-state index in [9.17, 15) is 9.59 Å².